The number of hydrogen-bond acceptors (Lipinski definition) is 3. The summed E-state index contributed by atoms with van der Waals surface area (Å²) in [5.41, 5.74) is 0. The molecule has 0 aliphatic carbocycles. The highest BCUT2D eigenvalue weighted by atomic mass is 32.2. The standard InChI is InChI=1S/C12H22F2O2S/c1-11(15)16-8-6-10-17-9-5-3-4-7-12(2,13)14/h3-10H2,1-2H3. The maximum absolute atomic E-state index is 12.5. The molecule has 17 heavy (non-hydrogen) atoms. The van der Waals surface area contributed by atoms with Gasteiger partial charge in [0.1, 0.15) is 0 Å². The highest BCUT2D eigenvalue weighted by Gasteiger charge is 2.19. The number of carbonyl (C=O) groups excluding carboxylic acids is 1. The highest BCUT2D eigenvalue weighted by Crippen LogP contribution is 2.20. The van der Waals surface area contributed by atoms with E-state index in [1.54, 1.807) is 11.8 Å². The molecule has 0 bridgehead atoms. The number of ether oxygens (including phenoxy) is 1. The summed E-state index contributed by atoms with van der Waals surface area (Å²) in [6.45, 7) is 2.85. The molecule has 0 saturated heterocycles. The lowest BCUT2D eigenvalue weighted by atomic mass is 10.1. The van der Waals surface area contributed by atoms with E-state index in [4.69, 9.17) is 4.74 Å². The van der Waals surface area contributed by atoms with E-state index >= 15 is 0 Å². The first-order valence-corrected chi connectivity index (χ1v) is 7.16. The Hall–Kier alpha value is -0.320. The monoisotopic (exact) mass is 268 g/mol. The van der Waals surface area contributed by atoms with Gasteiger partial charge in [0.05, 0.1) is 6.61 Å². The third kappa shape index (κ3) is 15.7. The van der Waals surface area contributed by atoms with Crippen molar-refractivity contribution in [1.82, 2.24) is 0 Å². The van der Waals surface area contributed by atoms with Gasteiger partial charge < -0.3 is 4.74 Å². The maximum Gasteiger partial charge on any atom is 0.302 e. The quantitative estimate of drug-likeness (QED) is 0.444. The zero-order valence-electron chi connectivity index (χ0n) is 10.6. The Morgan fingerprint density at radius 1 is 1.18 bits per heavy atom. The van der Waals surface area contributed by atoms with Crippen LogP contribution >= 0.6 is 11.8 Å². The minimum atomic E-state index is -2.52. The molecule has 0 fully saturated rings. The van der Waals surface area contributed by atoms with Crippen LogP contribution in [0.15, 0.2) is 0 Å². The van der Waals surface area contributed by atoms with Crippen molar-refractivity contribution in [3.63, 3.8) is 0 Å². The van der Waals surface area contributed by atoms with Crippen LogP contribution in [0.2, 0.25) is 0 Å². The molecule has 0 aromatic heterocycles. The molecule has 0 aromatic rings. The lowest BCUT2D eigenvalue weighted by molar-refractivity contribution is -0.140. The van der Waals surface area contributed by atoms with Crippen LogP contribution in [0, 0.1) is 0 Å². The summed E-state index contributed by atoms with van der Waals surface area (Å²) in [5, 5.41) is 0. The number of unbranched alkanes of at least 4 members (excludes halogenated alkanes) is 2. The Morgan fingerprint density at radius 3 is 2.41 bits per heavy atom. The van der Waals surface area contributed by atoms with Crippen molar-refractivity contribution in [3.8, 4) is 0 Å². The molecule has 0 aromatic carbocycles. The predicted octanol–water partition coefficient (Wildman–Crippen LogP) is 3.89. The lowest BCUT2D eigenvalue weighted by Gasteiger charge is -2.08. The Labute approximate surface area is 106 Å². The van der Waals surface area contributed by atoms with Gasteiger partial charge in [-0.1, -0.05) is 6.42 Å². The summed E-state index contributed by atoms with van der Waals surface area (Å²) < 4.78 is 29.7. The van der Waals surface area contributed by atoms with Gasteiger partial charge in [-0.3, -0.25) is 4.79 Å². The normalized spacial score (nSPS) is 11.5. The Balaban J connectivity index is 3.06. The molecule has 0 saturated carbocycles. The second kappa shape index (κ2) is 9.68. The molecule has 0 heterocycles. The molecule has 0 aliphatic rings. The second-order valence-corrected chi connectivity index (χ2v) is 5.41. The van der Waals surface area contributed by atoms with Gasteiger partial charge in [0.25, 0.3) is 0 Å². The van der Waals surface area contributed by atoms with Gasteiger partial charge in [0.15, 0.2) is 0 Å². The topological polar surface area (TPSA) is 26.3 Å². The molecule has 0 atom stereocenters. The molecule has 0 N–H and O–H groups in total. The molecule has 102 valence electrons. The number of carbonyl (C=O) groups is 1. The van der Waals surface area contributed by atoms with E-state index in [9.17, 15) is 13.6 Å². The molecule has 0 unspecified atom stereocenters. The summed E-state index contributed by atoms with van der Waals surface area (Å²) in [6, 6.07) is 0. The molecular formula is C12H22F2O2S. The zero-order chi connectivity index (χ0) is 13.1. The van der Waals surface area contributed by atoms with Gasteiger partial charge >= 0.3 is 5.97 Å². The number of halogens is 2. The van der Waals surface area contributed by atoms with Crippen LogP contribution in [0.25, 0.3) is 0 Å². The second-order valence-electron chi connectivity index (χ2n) is 4.19. The van der Waals surface area contributed by atoms with Crippen LogP contribution < -0.4 is 0 Å². The van der Waals surface area contributed by atoms with Crippen LogP contribution in [0.1, 0.15) is 46.0 Å². The summed E-state index contributed by atoms with van der Waals surface area (Å²) in [4.78, 5) is 10.4. The Kier molecular flexibility index (Phi) is 9.50. The van der Waals surface area contributed by atoms with Crippen molar-refractivity contribution >= 4 is 17.7 Å². The van der Waals surface area contributed by atoms with E-state index in [2.05, 4.69) is 0 Å². The third-order valence-corrected chi connectivity index (χ3v) is 3.30. The van der Waals surface area contributed by atoms with E-state index in [0.717, 1.165) is 37.7 Å². The van der Waals surface area contributed by atoms with E-state index in [1.807, 2.05) is 0 Å². The van der Waals surface area contributed by atoms with Gasteiger partial charge in [0.2, 0.25) is 5.92 Å². The van der Waals surface area contributed by atoms with Crippen molar-refractivity contribution in [2.24, 2.45) is 0 Å². The summed E-state index contributed by atoms with van der Waals surface area (Å²) >= 11 is 1.78. The first-order chi connectivity index (χ1) is 7.92. The van der Waals surface area contributed by atoms with Crippen molar-refractivity contribution in [2.75, 3.05) is 18.1 Å². The first-order valence-electron chi connectivity index (χ1n) is 6.01. The van der Waals surface area contributed by atoms with Gasteiger partial charge in [0, 0.05) is 13.3 Å². The Bertz CT molecular complexity index is 205. The minimum Gasteiger partial charge on any atom is -0.466 e. The molecule has 0 rings (SSSR count). The fourth-order valence-electron chi connectivity index (χ4n) is 1.30. The predicted molar refractivity (Wildman–Crippen MR) is 67.7 cm³/mol. The van der Waals surface area contributed by atoms with Crippen LogP contribution in [0.4, 0.5) is 8.78 Å². The van der Waals surface area contributed by atoms with Gasteiger partial charge in [-0.2, -0.15) is 11.8 Å². The number of hydrogen-bond donors (Lipinski definition) is 0. The van der Waals surface area contributed by atoms with E-state index in [0.29, 0.717) is 13.0 Å². The number of alkyl halides is 2. The molecule has 0 amide bonds. The van der Waals surface area contributed by atoms with Crippen LogP contribution in [0.5, 0.6) is 0 Å². The minimum absolute atomic E-state index is 0.00980. The first kappa shape index (κ1) is 16.7. The SMILES string of the molecule is CC(=O)OCCCSCCCCCC(C)(F)F. The lowest BCUT2D eigenvalue weighted by Crippen LogP contribution is -2.08. The van der Waals surface area contributed by atoms with Crippen molar-refractivity contribution < 1.29 is 18.3 Å². The largest absolute Gasteiger partial charge is 0.466 e. The van der Waals surface area contributed by atoms with Gasteiger partial charge in [-0.15, -0.1) is 0 Å². The average molecular weight is 268 g/mol. The smallest absolute Gasteiger partial charge is 0.302 e. The van der Waals surface area contributed by atoms with Crippen molar-refractivity contribution in [3.05, 3.63) is 0 Å². The average Bonchev–Trinajstić information content (AvgIpc) is 2.18. The van der Waals surface area contributed by atoms with Crippen LogP contribution in [0.3, 0.4) is 0 Å². The molecule has 5 heteroatoms. The molecular weight excluding hydrogens is 246 g/mol. The van der Waals surface area contributed by atoms with Crippen molar-refractivity contribution in [2.45, 2.75) is 51.9 Å². The summed E-state index contributed by atoms with van der Waals surface area (Å²) in [7, 11) is 0. The third-order valence-electron chi connectivity index (χ3n) is 2.14. The summed E-state index contributed by atoms with van der Waals surface area (Å²) in [5.74, 6) is -0.806. The molecule has 2 nitrogen and oxygen atoms in total. The molecule has 0 spiro atoms. The van der Waals surface area contributed by atoms with E-state index < -0.39 is 5.92 Å². The van der Waals surface area contributed by atoms with Crippen LogP contribution in [-0.4, -0.2) is 30.0 Å². The Morgan fingerprint density at radius 2 is 1.82 bits per heavy atom. The highest BCUT2D eigenvalue weighted by molar-refractivity contribution is 7.99. The number of esters is 1. The van der Waals surface area contributed by atoms with Crippen LogP contribution in [-0.2, 0) is 9.53 Å². The zero-order valence-corrected chi connectivity index (χ0v) is 11.5. The van der Waals surface area contributed by atoms with E-state index in [1.165, 1.54) is 6.92 Å². The molecule has 0 radical (unpaired) electrons. The van der Waals surface area contributed by atoms with Crippen molar-refractivity contribution in [1.29, 1.82) is 0 Å². The number of rotatable bonds is 10. The number of thioether (sulfide) groups is 1. The maximum atomic E-state index is 12.5. The van der Waals surface area contributed by atoms with E-state index in [-0.39, 0.29) is 12.4 Å². The fourth-order valence-corrected chi connectivity index (χ4v) is 2.23. The van der Waals surface area contributed by atoms with Gasteiger partial charge in [-0.25, -0.2) is 8.78 Å². The summed E-state index contributed by atoms with van der Waals surface area (Å²) in [6.07, 6.45) is 3.29. The molecule has 0 aliphatic heterocycles. The fraction of sp³-hybridized carbons (Fsp3) is 0.917. The van der Waals surface area contributed by atoms with Gasteiger partial charge in [-0.05, 0) is 37.7 Å².